The Morgan fingerprint density at radius 2 is 2.19 bits per heavy atom. The van der Waals surface area contributed by atoms with Crippen LogP contribution in [0.4, 0.5) is 0 Å². The Balaban J connectivity index is 1.77. The minimum atomic E-state index is -0.0176. The summed E-state index contributed by atoms with van der Waals surface area (Å²) in [7, 11) is 0. The highest BCUT2D eigenvalue weighted by atomic mass is 35.5. The molecule has 3 rings (SSSR count). The lowest BCUT2D eigenvalue weighted by atomic mass is 10.2. The first-order valence-corrected chi connectivity index (χ1v) is 7.28. The summed E-state index contributed by atoms with van der Waals surface area (Å²) >= 11 is 5.97. The third-order valence-electron chi connectivity index (χ3n) is 3.61. The molecular weight excluding hydrogens is 286 g/mol. The molecule has 1 saturated heterocycles. The van der Waals surface area contributed by atoms with Crippen LogP contribution in [0.25, 0.3) is 17.0 Å². The fourth-order valence-electron chi connectivity index (χ4n) is 2.45. The van der Waals surface area contributed by atoms with Crippen molar-refractivity contribution < 1.29 is 4.79 Å². The highest BCUT2D eigenvalue weighted by molar-refractivity contribution is 6.31. The number of rotatable bonds is 2. The van der Waals surface area contributed by atoms with E-state index in [9.17, 15) is 4.79 Å². The molecule has 1 aliphatic heterocycles. The van der Waals surface area contributed by atoms with Crippen molar-refractivity contribution in [2.45, 2.75) is 12.5 Å². The van der Waals surface area contributed by atoms with Crippen molar-refractivity contribution in [3.63, 3.8) is 0 Å². The molecule has 0 saturated carbocycles. The number of carbonyl (C=O) groups is 1. The number of aromatic nitrogens is 1. The van der Waals surface area contributed by atoms with Crippen molar-refractivity contribution in [3.05, 3.63) is 47.1 Å². The number of nitrogens with zero attached hydrogens (tertiary/aromatic N) is 2. The molecule has 2 aromatic rings. The maximum Gasteiger partial charge on any atom is 0.246 e. The molecule has 108 valence electrons. The van der Waals surface area contributed by atoms with E-state index in [0.29, 0.717) is 11.6 Å². The van der Waals surface area contributed by atoms with Crippen LogP contribution in [0.3, 0.4) is 0 Å². The molecule has 1 unspecified atom stereocenters. The number of hydrogen-bond acceptors (Lipinski definition) is 3. The van der Waals surface area contributed by atoms with E-state index in [1.54, 1.807) is 17.1 Å². The average Bonchev–Trinajstić information content (AvgIpc) is 2.91. The molecule has 1 aromatic carbocycles. The molecule has 1 atom stereocenters. The molecule has 1 aromatic heterocycles. The number of nitrogens with two attached hydrogens (primary N) is 1. The fraction of sp³-hybridized carbons (Fsp3) is 0.250. The van der Waals surface area contributed by atoms with Crippen LogP contribution < -0.4 is 5.73 Å². The lowest BCUT2D eigenvalue weighted by molar-refractivity contribution is -0.124. The highest BCUT2D eigenvalue weighted by Crippen LogP contribution is 2.18. The van der Waals surface area contributed by atoms with Gasteiger partial charge in [0.1, 0.15) is 0 Å². The zero-order valence-corrected chi connectivity index (χ0v) is 12.3. The normalized spacial score (nSPS) is 18.8. The van der Waals surface area contributed by atoms with E-state index in [4.69, 9.17) is 17.3 Å². The lowest BCUT2D eigenvalue weighted by Crippen LogP contribution is -2.30. The Morgan fingerprint density at radius 3 is 2.95 bits per heavy atom. The molecule has 0 aliphatic carbocycles. The zero-order valence-electron chi connectivity index (χ0n) is 11.5. The first-order valence-electron chi connectivity index (χ1n) is 6.91. The maximum atomic E-state index is 12.0. The van der Waals surface area contributed by atoms with Gasteiger partial charge in [0.05, 0.1) is 11.2 Å². The van der Waals surface area contributed by atoms with Crippen LogP contribution in [0.15, 0.2) is 36.4 Å². The second-order valence-corrected chi connectivity index (χ2v) is 5.68. The summed E-state index contributed by atoms with van der Waals surface area (Å²) in [6.45, 7) is 1.36. The van der Waals surface area contributed by atoms with E-state index >= 15 is 0 Å². The van der Waals surface area contributed by atoms with Crippen LogP contribution in [0, 0.1) is 0 Å². The summed E-state index contributed by atoms with van der Waals surface area (Å²) in [5, 5.41) is 1.67. The number of likely N-dealkylation sites (tertiary alicyclic amines) is 1. The van der Waals surface area contributed by atoms with E-state index in [2.05, 4.69) is 4.98 Å². The number of pyridine rings is 1. The summed E-state index contributed by atoms with van der Waals surface area (Å²) in [5.74, 6) is -0.0176. The number of halogens is 1. The number of carbonyl (C=O) groups excluding carboxylic acids is 1. The van der Waals surface area contributed by atoms with Crippen LogP contribution in [-0.2, 0) is 4.79 Å². The minimum absolute atomic E-state index is 0.0176. The SMILES string of the molecule is NC1CCN(C(=O)C=Cc2ccc3ccc(Cl)cc3n2)C1. The largest absolute Gasteiger partial charge is 0.338 e. The molecule has 21 heavy (non-hydrogen) atoms. The molecular formula is C16H16ClN3O. The standard InChI is InChI=1S/C16H16ClN3O/c17-12-3-1-11-2-4-14(19-15(11)9-12)5-6-16(21)20-8-7-13(18)10-20/h1-6,9,13H,7-8,10,18H2. The van der Waals surface area contributed by atoms with Gasteiger partial charge in [-0.05, 0) is 30.7 Å². The molecule has 1 aliphatic rings. The van der Waals surface area contributed by atoms with Gasteiger partial charge in [-0.25, -0.2) is 4.98 Å². The molecule has 0 bridgehead atoms. The average molecular weight is 302 g/mol. The topological polar surface area (TPSA) is 59.2 Å². The van der Waals surface area contributed by atoms with E-state index in [0.717, 1.165) is 29.6 Å². The van der Waals surface area contributed by atoms with Crippen molar-refractivity contribution in [3.8, 4) is 0 Å². The van der Waals surface area contributed by atoms with Gasteiger partial charge >= 0.3 is 0 Å². The number of hydrogen-bond donors (Lipinski definition) is 1. The zero-order chi connectivity index (χ0) is 14.8. The van der Waals surface area contributed by atoms with Gasteiger partial charge in [0.15, 0.2) is 0 Å². The van der Waals surface area contributed by atoms with Gasteiger partial charge in [-0.3, -0.25) is 4.79 Å². The quantitative estimate of drug-likeness (QED) is 0.867. The predicted octanol–water partition coefficient (Wildman–Crippen LogP) is 2.46. The first kappa shape index (κ1) is 14.0. The first-order chi connectivity index (χ1) is 10.1. The summed E-state index contributed by atoms with van der Waals surface area (Å²) in [6, 6.07) is 9.53. The lowest BCUT2D eigenvalue weighted by Gasteiger charge is -2.12. The van der Waals surface area contributed by atoms with Crippen molar-refractivity contribution in [2.24, 2.45) is 5.73 Å². The Hall–Kier alpha value is -1.91. The third-order valence-corrected chi connectivity index (χ3v) is 3.84. The molecule has 1 fully saturated rings. The van der Waals surface area contributed by atoms with Crippen LogP contribution in [0.1, 0.15) is 12.1 Å². The number of fused-ring (bicyclic) bond motifs is 1. The van der Waals surface area contributed by atoms with Gasteiger partial charge in [-0.15, -0.1) is 0 Å². The molecule has 0 spiro atoms. The Morgan fingerprint density at radius 1 is 1.38 bits per heavy atom. The van der Waals surface area contributed by atoms with Crippen LogP contribution >= 0.6 is 11.6 Å². The second kappa shape index (κ2) is 5.84. The monoisotopic (exact) mass is 301 g/mol. The molecule has 2 N–H and O–H groups in total. The van der Waals surface area contributed by atoms with E-state index in [1.807, 2.05) is 30.3 Å². The van der Waals surface area contributed by atoms with Gasteiger partial charge in [0, 0.05) is 35.6 Å². The molecule has 2 heterocycles. The van der Waals surface area contributed by atoms with E-state index < -0.39 is 0 Å². The summed E-state index contributed by atoms with van der Waals surface area (Å²) < 4.78 is 0. The highest BCUT2D eigenvalue weighted by Gasteiger charge is 2.21. The fourth-order valence-corrected chi connectivity index (χ4v) is 2.61. The van der Waals surface area contributed by atoms with Gasteiger partial charge in [-0.2, -0.15) is 0 Å². The minimum Gasteiger partial charge on any atom is -0.338 e. The van der Waals surface area contributed by atoms with E-state index in [-0.39, 0.29) is 11.9 Å². The van der Waals surface area contributed by atoms with Crippen molar-refractivity contribution in [1.29, 1.82) is 0 Å². The Bertz CT molecular complexity index is 714. The predicted molar refractivity (Wildman–Crippen MR) is 85.0 cm³/mol. The molecule has 4 nitrogen and oxygen atoms in total. The summed E-state index contributed by atoms with van der Waals surface area (Å²) in [4.78, 5) is 18.3. The third kappa shape index (κ3) is 3.23. The summed E-state index contributed by atoms with van der Waals surface area (Å²) in [5.41, 5.74) is 7.36. The van der Waals surface area contributed by atoms with E-state index in [1.165, 1.54) is 0 Å². The van der Waals surface area contributed by atoms with Crippen LogP contribution in [-0.4, -0.2) is 34.9 Å². The van der Waals surface area contributed by atoms with Crippen molar-refractivity contribution in [1.82, 2.24) is 9.88 Å². The molecule has 5 heteroatoms. The number of benzene rings is 1. The Kier molecular flexibility index (Phi) is 3.90. The second-order valence-electron chi connectivity index (χ2n) is 5.24. The van der Waals surface area contributed by atoms with Crippen molar-refractivity contribution in [2.75, 3.05) is 13.1 Å². The van der Waals surface area contributed by atoms with Gasteiger partial charge in [-0.1, -0.05) is 23.7 Å². The van der Waals surface area contributed by atoms with Crippen LogP contribution in [0.2, 0.25) is 5.02 Å². The number of amides is 1. The molecule has 0 radical (unpaired) electrons. The van der Waals surface area contributed by atoms with Crippen molar-refractivity contribution >= 4 is 34.5 Å². The maximum absolute atomic E-state index is 12.0. The molecule has 1 amide bonds. The van der Waals surface area contributed by atoms with Gasteiger partial charge in [0.25, 0.3) is 0 Å². The van der Waals surface area contributed by atoms with Gasteiger partial charge in [0.2, 0.25) is 5.91 Å². The van der Waals surface area contributed by atoms with Gasteiger partial charge < -0.3 is 10.6 Å². The Labute approximate surface area is 128 Å². The summed E-state index contributed by atoms with van der Waals surface area (Å²) in [6.07, 6.45) is 4.15. The van der Waals surface area contributed by atoms with Crippen LogP contribution in [0.5, 0.6) is 0 Å². The smallest absolute Gasteiger partial charge is 0.246 e.